The molecule has 3 aromatic rings. The molecule has 5 rings (SSSR count). The van der Waals surface area contributed by atoms with Crippen LogP contribution in [0.1, 0.15) is 34.8 Å². The summed E-state index contributed by atoms with van der Waals surface area (Å²) in [6, 6.07) is 10.5. The minimum Gasteiger partial charge on any atom is -0.442 e. The lowest BCUT2D eigenvalue weighted by molar-refractivity contribution is -0.217. The summed E-state index contributed by atoms with van der Waals surface area (Å²) in [5, 5.41) is 18.8. The molecule has 2 aliphatic rings. The number of carbonyl (C=O) groups is 4. The third-order valence-electron chi connectivity index (χ3n) is 7.13. The summed E-state index contributed by atoms with van der Waals surface area (Å²) in [4.78, 5) is 55.0. The SMILES string of the molecule is CC(=S)NC[C@H]1CN(c2ccc(NC(=O)c3ccc(NOO)o3)c(F)c2)C(=O)O1.CNC(=O)c1ccc(N2C[C@H](CNC(C)=S)OC2=O)cc1F. The molecule has 6 N–H and O–H groups in total. The number of benzene rings is 2. The summed E-state index contributed by atoms with van der Waals surface area (Å²) in [5.41, 5.74) is 2.44. The first-order valence-electron chi connectivity index (χ1n) is 15.0. The lowest BCUT2D eigenvalue weighted by Gasteiger charge is -2.14. The van der Waals surface area contributed by atoms with Crippen molar-refractivity contribution in [3.05, 3.63) is 71.5 Å². The van der Waals surface area contributed by atoms with Gasteiger partial charge < -0.3 is 35.2 Å². The highest BCUT2D eigenvalue weighted by Gasteiger charge is 2.34. The Labute approximate surface area is 300 Å². The standard InChI is InChI=1S/C17H17FN4O6S.C14H16FN3O3S/c1-9(29)19-7-11-8-22(17(24)26-11)10-2-3-13(12(18)6-10)20-16(23)14-4-5-15(27-14)21-28-25;1-8(22)17-6-10-7-18(14(20)21-10)9-3-4-11(12(15)5-9)13(19)16-2/h2-6,11,21,25H,7-8H2,1H3,(H,19,29)(H,20,23);3-5,10H,6-7H2,1-2H3,(H,16,19)(H,17,22)/t11-;10-/m00/s1. The fraction of sp³-hybridized carbons (Fsp3) is 0.290. The Morgan fingerprint density at radius 2 is 1.41 bits per heavy atom. The molecule has 16 nitrogen and oxygen atoms in total. The van der Waals surface area contributed by atoms with Crippen LogP contribution >= 0.6 is 24.4 Å². The fourth-order valence-corrected chi connectivity index (χ4v) is 4.87. The molecule has 0 saturated carbocycles. The van der Waals surface area contributed by atoms with E-state index in [0.717, 1.165) is 12.1 Å². The minimum absolute atomic E-state index is 0.0195. The number of thiocarbonyl (C=S) groups is 2. The zero-order chi connectivity index (χ0) is 37.2. The average molecular weight is 750 g/mol. The summed E-state index contributed by atoms with van der Waals surface area (Å²) in [6.45, 7) is 4.72. The Kier molecular flexibility index (Phi) is 13.1. The lowest BCUT2D eigenvalue weighted by atomic mass is 10.1. The summed E-state index contributed by atoms with van der Waals surface area (Å²) in [5.74, 6) is -2.84. The van der Waals surface area contributed by atoms with Crippen LogP contribution in [-0.2, 0) is 14.5 Å². The molecule has 51 heavy (non-hydrogen) atoms. The predicted molar refractivity (Wildman–Crippen MR) is 188 cm³/mol. The quantitative estimate of drug-likeness (QED) is 0.0928. The van der Waals surface area contributed by atoms with E-state index in [0.29, 0.717) is 28.8 Å². The van der Waals surface area contributed by atoms with E-state index in [4.69, 9.17) is 43.6 Å². The van der Waals surface area contributed by atoms with E-state index in [-0.39, 0.29) is 47.8 Å². The predicted octanol–water partition coefficient (Wildman–Crippen LogP) is 4.20. The van der Waals surface area contributed by atoms with E-state index in [1.807, 2.05) is 5.48 Å². The molecule has 2 fully saturated rings. The molecule has 3 heterocycles. The summed E-state index contributed by atoms with van der Waals surface area (Å²) in [6.07, 6.45) is -1.95. The van der Waals surface area contributed by atoms with Gasteiger partial charge in [0, 0.05) is 13.1 Å². The van der Waals surface area contributed by atoms with Gasteiger partial charge in [0.1, 0.15) is 23.8 Å². The van der Waals surface area contributed by atoms with Gasteiger partial charge in [0.25, 0.3) is 11.8 Å². The zero-order valence-electron chi connectivity index (χ0n) is 27.3. The Balaban J connectivity index is 0.000000238. The van der Waals surface area contributed by atoms with Crippen LogP contribution in [0.25, 0.3) is 0 Å². The van der Waals surface area contributed by atoms with Gasteiger partial charge in [0.15, 0.2) is 5.76 Å². The number of hydrogen-bond acceptors (Lipinski definition) is 12. The smallest absolute Gasteiger partial charge is 0.414 e. The van der Waals surface area contributed by atoms with Gasteiger partial charge in [-0.05, 0) is 56.3 Å². The maximum Gasteiger partial charge on any atom is 0.414 e. The van der Waals surface area contributed by atoms with Gasteiger partial charge >= 0.3 is 12.2 Å². The van der Waals surface area contributed by atoms with Crippen molar-refractivity contribution in [1.82, 2.24) is 16.0 Å². The number of cyclic esters (lactones) is 2. The molecule has 2 aliphatic heterocycles. The number of halogens is 2. The first-order valence-corrected chi connectivity index (χ1v) is 15.8. The van der Waals surface area contributed by atoms with Crippen LogP contribution in [0, 0.1) is 11.6 Å². The molecular weight excluding hydrogens is 717 g/mol. The second-order valence-electron chi connectivity index (χ2n) is 10.8. The Hall–Kier alpha value is -5.44. The molecule has 0 spiro atoms. The number of rotatable bonds is 11. The van der Waals surface area contributed by atoms with Gasteiger partial charge in [0.05, 0.1) is 58.8 Å². The van der Waals surface area contributed by atoms with Crippen molar-refractivity contribution < 1.29 is 52.1 Å². The van der Waals surface area contributed by atoms with E-state index in [9.17, 15) is 28.0 Å². The van der Waals surface area contributed by atoms with Crippen LogP contribution in [0.4, 0.5) is 41.3 Å². The zero-order valence-corrected chi connectivity index (χ0v) is 28.9. The van der Waals surface area contributed by atoms with Crippen LogP contribution in [-0.4, -0.2) is 84.7 Å². The number of nitrogens with one attached hydrogen (secondary N) is 5. The second-order valence-corrected chi connectivity index (χ2v) is 12.1. The van der Waals surface area contributed by atoms with Crippen LogP contribution in [0.2, 0.25) is 0 Å². The Morgan fingerprint density at radius 1 is 0.863 bits per heavy atom. The van der Waals surface area contributed by atoms with Crippen LogP contribution < -0.4 is 36.5 Å². The van der Waals surface area contributed by atoms with Crippen LogP contribution in [0.3, 0.4) is 0 Å². The molecule has 20 heteroatoms. The van der Waals surface area contributed by atoms with Gasteiger partial charge in [-0.15, -0.1) is 4.99 Å². The lowest BCUT2D eigenvalue weighted by Crippen LogP contribution is -2.32. The third-order valence-corrected chi connectivity index (χ3v) is 7.42. The van der Waals surface area contributed by atoms with Crippen molar-refractivity contribution in [1.29, 1.82) is 0 Å². The van der Waals surface area contributed by atoms with Gasteiger partial charge in [-0.2, -0.15) is 0 Å². The highest BCUT2D eigenvalue weighted by atomic mass is 32.1. The molecule has 0 radical (unpaired) electrons. The van der Waals surface area contributed by atoms with E-state index in [1.54, 1.807) is 13.8 Å². The summed E-state index contributed by atoms with van der Waals surface area (Å²) >= 11 is 9.82. The number of ether oxygens (including phenoxy) is 2. The van der Waals surface area contributed by atoms with Crippen LogP contribution in [0.15, 0.2) is 52.9 Å². The minimum atomic E-state index is -0.747. The molecule has 2 aromatic carbocycles. The van der Waals surface area contributed by atoms with Crippen molar-refractivity contribution in [3.8, 4) is 0 Å². The van der Waals surface area contributed by atoms with Crippen LogP contribution in [0.5, 0.6) is 0 Å². The normalized spacial score (nSPS) is 16.4. The van der Waals surface area contributed by atoms with Gasteiger partial charge in [0.2, 0.25) is 5.88 Å². The fourth-order valence-electron chi connectivity index (χ4n) is 4.70. The maximum absolute atomic E-state index is 14.5. The molecule has 0 aliphatic carbocycles. The number of nitrogens with zero attached hydrogens (tertiary/aromatic N) is 2. The molecular formula is C31H33F2N7O9S2. The monoisotopic (exact) mass is 749 g/mol. The van der Waals surface area contributed by atoms with Crippen molar-refractivity contribution in [2.45, 2.75) is 26.1 Å². The topological polar surface area (TPSA) is 196 Å². The first-order chi connectivity index (χ1) is 24.3. The molecule has 2 saturated heterocycles. The molecule has 2 atom stereocenters. The molecule has 272 valence electrons. The number of furan rings is 1. The summed E-state index contributed by atoms with van der Waals surface area (Å²) in [7, 11) is 1.42. The molecule has 0 bridgehead atoms. The average Bonchev–Trinajstić information content (AvgIpc) is 3.82. The van der Waals surface area contributed by atoms with E-state index < -0.39 is 41.7 Å². The number of anilines is 4. The van der Waals surface area contributed by atoms with E-state index in [2.05, 4.69) is 26.3 Å². The Morgan fingerprint density at radius 3 is 1.90 bits per heavy atom. The van der Waals surface area contributed by atoms with Gasteiger partial charge in [-0.3, -0.25) is 19.4 Å². The largest absolute Gasteiger partial charge is 0.442 e. The van der Waals surface area contributed by atoms with E-state index in [1.165, 1.54) is 53.2 Å². The number of carbonyl (C=O) groups excluding carboxylic acids is 4. The first kappa shape index (κ1) is 38.4. The molecule has 0 unspecified atom stereocenters. The van der Waals surface area contributed by atoms with Gasteiger partial charge in [-0.25, -0.2) is 29.1 Å². The highest BCUT2D eigenvalue weighted by molar-refractivity contribution is 7.80. The van der Waals surface area contributed by atoms with Crippen molar-refractivity contribution >= 4 is 81.4 Å². The highest BCUT2D eigenvalue weighted by Crippen LogP contribution is 2.27. The summed E-state index contributed by atoms with van der Waals surface area (Å²) < 4.78 is 43.9. The molecule has 1 aromatic heterocycles. The van der Waals surface area contributed by atoms with Crippen molar-refractivity contribution in [2.75, 3.05) is 53.8 Å². The van der Waals surface area contributed by atoms with Gasteiger partial charge in [-0.1, -0.05) is 24.4 Å². The Bertz CT molecular complexity index is 1810. The number of amides is 4. The van der Waals surface area contributed by atoms with Crippen molar-refractivity contribution in [3.63, 3.8) is 0 Å². The maximum atomic E-state index is 14.5. The third kappa shape index (κ3) is 10.3. The second kappa shape index (κ2) is 17.5. The molecule has 4 amide bonds. The van der Waals surface area contributed by atoms with E-state index >= 15 is 0 Å². The number of hydrogen-bond donors (Lipinski definition) is 6. The van der Waals surface area contributed by atoms with Crippen molar-refractivity contribution in [2.24, 2.45) is 0 Å².